The third-order valence-electron chi connectivity index (χ3n) is 2.32. The molecule has 1 aromatic rings. The van der Waals surface area contributed by atoms with Gasteiger partial charge in [-0.1, -0.05) is 6.07 Å². The lowest BCUT2D eigenvalue weighted by atomic mass is 10.1. The fourth-order valence-corrected chi connectivity index (χ4v) is 1.51. The summed E-state index contributed by atoms with van der Waals surface area (Å²) in [5.74, 6) is -0.0602. The summed E-state index contributed by atoms with van der Waals surface area (Å²) in [7, 11) is 1.56. The molecule has 0 aliphatic heterocycles. The van der Waals surface area contributed by atoms with Crippen LogP contribution < -0.4 is 10.6 Å². The molecule has 0 bridgehead atoms. The number of rotatable bonds is 4. The Kier molecular flexibility index (Phi) is 4.97. The molecule has 92 valence electrons. The first kappa shape index (κ1) is 13.5. The first-order valence-electron chi connectivity index (χ1n) is 5.27. The van der Waals surface area contributed by atoms with E-state index in [1.165, 1.54) is 0 Å². The van der Waals surface area contributed by atoms with E-state index < -0.39 is 0 Å². The number of hydrogen-bond acceptors (Lipinski definition) is 2. The maximum absolute atomic E-state index is 11.4. The fraction of sp³-hybridized carbons (Fsp3) is 0.333. The van der Waals surface area contributed by atoms with Gasteiger partial charge in [-0.3, -0.25) is 9.59 Å². The van der Waals surface area contributed by atoms with Gasteiger partial charge in [0.2, 0.25) is 5.91 Å². The van der Waals surface area contributed by atoms with Crippen LogP contribution in [-0.4, -0.2) is 24.7 Å². The van der Waals surface area contributed by atoms with E-state index in [0.717, 1.165) is 5.56 Å². The van der Waals surface area contributed by atoms with Crippen molar-refractivity contribution in [2.24, 2.45) is 0 Å². The zero-order chi connectivity index (χ0) is 12.8. The zero-order valence-corrected chi connectivity index (χ0v) is 10.6. The van der Waals surface area contributed by atoms with Crippen molar-refractivity contribution in [1.82, 2.24) is 5.32 Å². The van der Waals surface area contributed by atoms with Crippen LogP contribution in [0.1, 0.15) is 22.3 Å². The molecule has 0 fully saturated rings. The summed E-state index contributed by atoms with van der Waals surface area (Å²) < 4.78 is 0. The van der Waals surface area contributed by atoms with Gasteiger partial charge in [-0.25, -0.2) is 0 Å². The number of amides is 2. The van der Waals surface area contributed by atoms with Gasteiger partial charge < -0.3 is 10.6 Å². The smallest absolute Gasteiger partial charge is 0.251 e. The van der Waals surface area contributed by atoms with Crippen molar-refractivity contribution in [2.75, 3.05) is 18.2 Å². The number of carbonyl (C=O) groups is 2. The number of nitrogens with one attached hydrogen (secondary N) is 2. The van der Waals surface area contributed by atoms with Crippen molar-refractivity contribution in [1.29, 1.82) is 0 Å². The first-order valence-corrected chi connectivity index (χ1v) is 5.80. The van der Waals surface area contributed by atoms with E-state index in [1.54, 1.807) is 25.2 Å². The third kappa shape index (κ3) is 3.75. The Morgan fingerprint density at radius 3 is 2.65 bits per heavy atom. The highest BCUT2D eigenvalue weighted by molar-refractivity contribution is 6.19. The van der Waals surface area contributed by atoms with Crippen LogP contribution in [0, 0.1) is 6.92 Å². The standard InChI is InChI=1S/C12H15ClN2O2/c1-8-3-4-9(12(17)14-2)7-10(8)15-11(16)5-6-13/h3-4,7H,5-6H2,1-2H3,(H,14,17)(H,15,16). The molecule has 0 saturated heterocycles. The lowest BCUT2D eigenvalue weighted by Gasteiger charge is -2.09. The van der Waals surface area contributed by atoms with Crippen LogP contribution in [-0.2, 0) is 4.79 Å². The van der Waals surface area contributed by atoms with Crippen LogP contribution in [0.3, 0.4) is 0 Å². The predicted octanol–water partition coefficient (Wildman–Crippen LogP) is 1.92. The summed E-state index contributed by atoms with van der Waals surface area (Å²) in [4.78, 5) is 22.9. The highest BCUT2D eigenvalue weighted by Crippen LogP contribution is 2.17. The van der Waals surface area contributed by atoms with Gasteiger partial charge in [0.25, 0.3) is 5.91 Å². The van der Waals surface area contributed by atoms with Crippen molar-refractivity contribution in [3.8, 4) is 0 Å². The van der Waals surface area contributed by atoms with Crippen LogP contribution >= 0.6 is 11.6 Å². The average molecular weight is 255 g/mol. The van der Waals surface area contributed by atoms with E-state index in [-0.39, 0.29) is 24.1 Å². The summed E-state index contributed by atoms with van der Waals surface area (Å²) >= 11 is 5.48. The highest BCUT2D eigenvalue weighted by Gasteiger charge is 2.08. The van der Waals surface area contributed by atoms with Crippen LogP contribution in [0.5, 0.6) is 0 Å². The molecule has 0 aromatic heterocycles. The van der Waals surface area contributed by atoms with Crippen LogP contribution in [0.25, 0.3) is 0 Å². The molecular weight excluding hydrogens is 240 g/mol. The predicted molar refractivity (Wildman–Crippen MR) is 68.5 cm³/mol. The Labute approximate surface area is 105 Å². The van der Waals surface area contributed by atoms with Crippen molar-refractivity contribution in [3.63, 3.8) is 0 Å². The van der Waals surface area contributed by atoms with Gasteiger partial charge in [0.05, 0.1) is 0 Å². The molecular formula is C12H15ClN2O2. The molecule has 4 nitrogen and oxygen atoms in total. The van der Waals surface area contributed by atoms with Crippen LogP contribution in [0.2, 0.25) is 0 Å². The molecule has 2 amide bonds. The minimum Gasteiger partial charge on any atom is -0.355 e. The maximum atomic E-state index is 11.4. The average Bonchev–Trinajstić information content (AvgIpc) is 2.31. The monoisotopic (exact) mass is 254 g/mol. The van der Waals surface area contributed by atoms with Gasteiger partial charge in [0.1, 0.15) is 0 Å². The molecule has 5 heteroatoms. The Balaban J connectivity index is 2.90. The molecule has 1 aromatic carbocycles. The molecule has 0 heterocycles. The van der Waals surface area contributed by atoms with Gasteiger partial charge in [-0.2, -0.15) is 0 Å². The molecule has 0 aliphatic rings. The molecule has 17 heavy (non-hydrogen) atoms. The Morgan fingerprint density at radius 2 is 2.06 bits per heavy atom. The maximum Gasteiger partial charge on any atom is 0.251 e. The Hall–Kier alpha value is -1.55. The number of aryl methyl sites for hydroxylation is 1. The van der Waals surface area contributed by atoms with Gasteiger partial charge in [-0.05, 0) is 24.6 Å². The van der Waals surface area contributed by atoms with E-state index in [9.17, 15) is 9.59 Å². The van der Waals surface area contributed by atoms with E-state index in [4.69, 9.17) is 11.6 Å². The van der Waals surface area contributed by atoms with Crippen molar-refractivity contribution >= 4 is 29.1 Å². The largest absolute Gasteiger partial charge is 0.355 e. The van der Waals surface area contributed by atoms with Crippen molar-refractivity contribution in [3.05, 3.63) is 29.3 Å². The lowest BCUT2D eigenvalue weighted by Crippen LogP contribution is -2.19. The van der Waals surface area contributed by atoms with Gasteiger partial charge in [0.15, 0.2) is 0 Å². The zero-order valence-electron chi connectivity index (χ0n) is 9.84. The highest BCUT2D eigenvalue weighted by atomic mass is 35.5. The molecule has 0 spiro atoms. The quantitative estimate of drug-likeness (QED) is 0.807. The molecule has 1 rings (SSSR count). The van der Waals surface area contributed by atoms with E-state index in [0.29, 0.717) is 11.3 Å². The number of anilines is 1. The fourth-order valence-electron chi connectivity index (χ4n) is 1.34. The Bertz CT molecular complexity index is 433. The second-order valence-electron chi connectivity index (χ2n) is 3.60. The second-order valence-corrected chi connectivity index (χ2v) is 3.97. The summed E-state index contributed by atoms with van der Waals surface area (Å²) in [6.45, 7) is 1.87. The van der Waals surface area contributed by atoms with Crippen molar-refractivity contribution < 1.29 is 9.59 Å². The normalized spacial score (nSPS) is 9.82. The number of benzene rings is 1. The molecule has 2 N–H and O–H groups in total. The van der Waals surface area contributed by atoms with E-state index in [2.05, 4.69) is 10.6 Å². The summed E-state index contributed by atoms with van der Waals surface area (Å²) in [6, 6.07) is 5.16. The minimum absolute atomic E-state index is 0.155. The molecule has 0 aliphatic carbocycles. The summed E-state index contributed by atoms with van der Waals surface area (Å²) in [5, 5.41) is 5.26. The van der Waals surface area contributed by atoms with E-state index in [1.807, 2.05) is 6.92 Å². The summed E-state index contributed by atoms with van der Waals surface area (Å²) in [5.41, 5.74) is 2.06. The third-order valence-corrected chi connectivity index (χ3v) is 2.51. The van der Waals surface area contributed by atoms with Crippen LogP contribution in [0.15, 0.2) is 18.2 Å². The minimum atomic E-state index is -0.183. The number of halogens is 1. The van der Waals surface area contributed by atoms with Gasteiger partial charge >= 0.3 is 0 Å². The number of alkyl halides is 1. The Morgan fingerprint density at radius 1 is 1.35 bits per heavy atom. The van der Waals surface area contributed by atoms with Gasteiger partial charge in [-0.15, -0.1) is 11.6 Å². The molecule has 0 atom stereocenters. The SMILES string of the molecule is CNC(=O)c1ccc(C)c(NC(=O)CCCl)c1. The second kappa shape index (κ2) is 6.25. The lowest BCUT2D eigenvalue weighted by molar-refractivity contribution is -0.115. The number of carbonyl (C=O) groups excluding carboxylic acids is 2. The van der Waals surface area contributed by atoms with Crippen molar-refractivity contribution in [2.45, 2.75) is 13.3 Å². The molecule has 0 radical (unpaired) electrons. The van der Waals surface area contributed by atoms with E-state index >= 15 is 0 Å². The first-order chi connectivity index (χ1) is 8.08. The number of hydrogen-bond donors (Lipinski definition) is 2. The topological polar surface area (TPSA) is 58.2 Å². The molecule has 0 unspecified atom stereocenters. The molecule has 0 saturated carbocycles. The summed E-state index contributed by atoms with van der Waals surface area (Å²) in [6.07, 6.45) is 0.255. The van der Waals surface area contributed by atoms with Gasteiger partial charge in [0, 0.05) is 30.6 Å². The van der Waals surface area contributed by atoms with Crippen LogP contribution in [0.4, 0.5) is 5.69 Å².